The standard InChI is InChI=1S/C10H15N.C2H6/c1-9-5-4-6-10(7-9)8-11(2)3;1-2/h4-7H,8H2,1-3H3;1-2H3. The van der Waals surface area contributed by atoms with Crippen LogP contribution in [0.3, 0.4) is 0 Å². The monoisotopic (exact) mass is 179 g/mol. The first-order valence-corrected chi connectivity index (χ1v) is 4.89. The predicted molar refractivity (Wildman–Crippen MR) is 59.9 cm³/mol. The number of benzene rings is 1. The van der Waals surface area contributed by atoms with Crippen LogP contribution in [0, 0.1) is 6.92 Å². The molecule has 0 aromatic heterocycles. The van der Waals surface area contributed by atoms with Gasteiger partial charge in [0.1, 0.15) is 0 Å². The van der Waals surface area contributed by atoms with Crippen LogP contribution in [-0.2, 0) is 6.54 Å². The lowest BCUT2D eigenvalue weighted by Gasteiger charge is -2.09. The van der Waals surface area contributed by atoms with Crippen molar-refractivity contribution in [2.45, 2.75) is 27.3 Å². The van der Waals surface area contributed by atoms with Crippen molar-refractivity contribution in [3.63, 3.8) is 0 Å². The maximum atomic E-state index is 2.22. The minimum Gasteiger partial charge on any atom is -0.305 e. The normalized spacial score (nSPS) is 9.38. The smallest absolute Gasteiger partial charge is 0.0227 e. The molecular weight excluding hydrogens is 158 g/mol. The van der Waals surface area contributed by atoms with Crippen LogP contribution in [0.1, 0.15) is 25.0 Å². The van der Waals surface area contributed by atoms with Crippen molar-refractivity contribution < 1.29 is 0 Å². The number of nitrogens with zero attached hydrogens (tertiary/aromatic N) is 1. The van der Waals surface area contributed by atoms with Crippen LogP contribution in [0.25, 0.3) is 0 Å². The van der Waals surface area contributed by atoms with E-state index in [9.17, 15) is 0 Å². The Morgan fingerprint density at radius 2 is 1.77 bits per heavy atom. The Balaban J connectivity index is 0.000000671. The van der Waals surface area contributed by atoms with E-state index in [1.807, 2.05) is 13.8 Å². The average Bonchev–Trinajstić information content (AvgIpc) is 2.06. The second kappa shape index (κ2) is 6.67. The minimum absolute atomic E-state index is 1.03. The molecule has 0 fully saturated rings. The van der Waals surface area contributed by atoms with Crippen molar-refractivity contribution in [3.05, 3.63) is 35.4 Å². The Labute approximate surface area is 82.4 Å². The van der Waals surface area contributed by atoms with Crippen LogP contribution in [0.4, 0.5) is 0 Å². The van der Waals surface area contributed by atoms with Gasteiger partial charge in [0.25, 0.3) is 0 Å². The molecule has 1 heteroatoms. The molecule has 1 aromatic rings. The van der Waals surface area contributed by atoms with E-state index in [1.165, 1.54) is 11.1 Å². The number of aryl methyl sites for hydroxylation is 1. The summed E-state index contributed by atoms with van der Waals surface area (Å²) in [4.78, 5) is 2.18. The summed E-state index contributed by atoms with van der Waals surface area (Å²) in [5.41, 5.74) is 2.72. The molecule has 0 unspecified atom stereocenters. The fraction of sp³-hybridized carbons (Fsp3) is 0.500. The van der Waals surface area contributed by atoms with Crippen molar-refractivity contribution >= 4 is 0 Å². The van der Waals surface area contributed by atoms with Gasteiger partial charge >= 0.3 is 0 Å². The largest absolute Gasteiger partial charge is 0.305 e. The van der Waals surface area contributed by atoms with Gasteiger partial charge in [0, 0.05) is 6.54 Å². The van der Waals surface area contributed by atoms with E-state index in [4.69, 9.17) is 0 Å². The lowest BCUT2D eigenvalue weighted by molar-refractivity contribution is 0.402. The van der Waals surface area contributed by atoms with E-state index in [0.29, 0.717) is 0 Å². The molecule has 1 rings (SSSR count). The third-order valence-electron chi connectivity index (χ3n) is 1.58. The van der Waals surface area contributed by atoms with Gasteiger partial charge in [-0.25, -0.2) is 0 Å². The van der Waals surface area contributed by atoms with Crippen LogP contribution in [0.15, 0.2) is 24.3 Å². The lowest BCUT2D eigenvalue weighted by Crippen LogP contribution is -2.10. The van der Waals surface area contributed by atoms with Gasteiger partial charge in [-0.05, 0) is 26.6 Å². The van der Waals surface area contributed by atoms with Crippen LogP contribution >= 0.6 is 0 Å². The Hall–Kier alpha value is -0.820. The summed E-state index contributed by atoms with van der Waals surface area (Å²) in [5, 5.41) is 0. The number of rotatable bonds is 2. The van der Waals surface area contributed by atoms with Crippen molar-refractivity contribution in [2.24, 2.45) is 0 Å². The lowest BCUT2D eigenvalue weighted by atomic mass is 10.1. The summed E-state index contributed by atoms with van der Waals surface area (Å²) in [7, 11) is 4.17. The first kappa shape index (κ1) is 12.2. The molecule has 0 bridgehead atoms. The molecule has 0 N–H and O–H groups in total. The SMILES string of the molecule is CC.Cc1cccc(CN(C)C)c1. The molecule has 0 amide bonds. The molecule has 0 saturated carbocycles. The van der Waals surface area contributed by atoms with Crippen LogP contribution in [0.2, 0.25) is 0 Å². The highest BCUT2D eigenvalue weighted by atomic mass is 15.0. The molecule has 0 atom stereocenters. The maximum Gasteiger partial charge on any atom is 0.0227 e. The Morgan fingerprint density at radius 1 is 1.15 bits per heavy atom. The highest BCUT2D eigenvalue weighted by Crippen LogP contribution is 2.04. The molecule has 74 valence electrons. The van der Waals surface area contributed by atoms with Gasteiger partial charge in [0.15, 0.2) is 0 Å². The molecule has 1 aromatic carbocycles. The van der Waals surface area contributed by atoms with Gasteiger partial charge in [-0.2, -0.15) is 0 Å². The summed E-state index contributed by atoms with van der Waals surface area (Å²) in [6.07, 6.45) is 0. The van der Waals surface area contributed by atoms with Gasteiger partial charge in [-0.1, -0.05) is 43.7 Å². The third-order valence-corrected chi connectivity index (χ3v) is 1.58. The molecule has 0 aliphatic rings. The van der Waals surface area contributed by atoms with Crippen molar-refractivity contribution in [1.29, 1.82) is 0 Å². The van der Waals surface area contributed by atoms with Crippen LogP contribution < -0.4 is 0 Å². The molecule has 0 heterocycles. The van der Waals surface area contributed by atoms with E-state index in [0.717, 1.165) is 6.54 Å². The van der Waals surface area contributed by atoms with Gasteiger partial charge in [-0.15, -0.1) is 0 Å². The van der Waals surface area contributed by atoms with Crippen LogP contribution in [-0.4, -0.2) is 19.0 Å². The molecule has 0 radical (unpaired) electrons. The van der Waals surface area contributed by atoms with Crippen molar-refractivity contribution in [3.8, 4) is 0 Å². The minimum atomic E-state index is 1.03. The topological polar surface area (TPSA) is 3.24 Å². The van der Waals surface area contributed by atoms with E-state index >= 15 is 0 Å². The fourth-order valence-corrected chi connectivity index (χ4v) is 1.18. The van der Waals surface area contributed by atoms with Crippen molar-refractivity contribution in [2.75, 3.05) is 14.1 Å². The van der Waals surface area contributed by atoms with Gasteiger partial charge < -0.3 is 4.90 Å². The summed E-state index contributed by atoms with van der Waals surface area (Å²) in [6.45, 7) is 7.15. The average molecular weight is 179 g/mol. The first-order chi connectivity index (χ1) is 6.18. The van der Waals surface area contributed by atoms with Gasteiger partial charge in [-0.3, -0.25) is 0 Å². The molecular formula is C12H21N. The van der Waals surface area contributed by atoms with E-state index < -0.39 is 0 Å². The molecule has 0 saturated heterocycles. The second-order valence-corrected chi connectivity index (χ2v) is 3.23. The molecule has 0 aliphatic carbocycles. The maximum absolute atomic E-state index is 2.22. The first-order valence-electron chi connectivity index (χ1n) is 4.89. The summed E-state index contributed by atoms with van der Waals surface area (Å²) >= 11 is 0. The van der Waals surface area contributed by atoms with E-state index in [-0.39, 0.29) is 0 Å². The number of hydrogen-bond acceptors (Lipinski definition) is 1. The quantitative estimate of drug-likeness (QED) is 0.674. The Bertz CT molecular complexity index is 228. The fourth-order valence-electron chi connectivity index (χ4n) is 1.18. The predicted octanol–water partition coefficient (Wildman–Crippen LogP) is 3.08. The zero-order valence-corrected chi connectivity index (χ0v) is 9.46. The summed E-state index contributed by atoms with van der Waals surface area (Å²) < 4.78 is 0. The zero-order chi connectivity index (χ0) is 10.3. The van der Waals surface area contributed by atoms with Gasteiger partial charge in [0.05, 0.1) is 0 Å². The zero-order valence-electron chi connectivity index (χ0n) is 9.46. The highest BCUT2D eigenvalue weighted by Gasteiger charge is 1.93. The Kier molecular flexibility index (Phi) is 6.25. The number of hydrogen-bond donors (Lipinski definition) is 0. The van der Waals surface area contributed by atoms with E-state index in [2.05, 4.69) is 50.2 Å². The summed E-state index contributed by atoms with van der Waals surface area (Å²) in [6, 6.07) is 8.61. The summed E-state index contributed by atoms with van der Waals surface area (Å²) in [5.74, 6) is 0. The molecule has 0 aliphatic heterocycles. The molecule has 1 nitrogen and oxygen atoms in total. The molecule has 0 spiro atoms. The van der Waals surface area contributed by atoms with Gasteiger partial charge in [0.2, 0.25) is 0 Å². The third kappa shape index (κ3) is 5.42. The highest BCUT2D eigenvalue weighted by molar-refractivity contribution is 5.21. The second-order valence-electron chi connectivity index (χ2n) is 3.23. The van der Waals surface area contributed by atoms with Crippen molar-refractivity contribution in [1.82, 2.24) is 4.90 Å². The van der Waals surface area contributed by atoms with Crippen LogP contribution in [0.5, 0.6) is 0 Å². The Morgan fingerprint density at radius 3 is 2.23 bits per heavy atom. The molecule has 13 heavy (non-hydrogen) atoms. The van der Waals surface area contributed by atoms with E-state index in [1.54, 1.807) is 0 Å².